The second-order valence-corrected chi connectivity index (χ2v) is 5.19. The third kappa shape index (κ3) is 4.05. The van der Waals surface area contributed by atoms with Crippen molar-refractivity contribution in [3.63, 3.8) is 0 Å². The van der Waals surface area contributed by atoms with Gasteiger partial charge in [-0.1, -0.05) is 0 Å². The highest BCUT2D eigenvalue weighted by Crippen LogP contribution is 2.28. The van der Waals surface area contributed by atoms with E-state index in [1.54, 1.807) is 18.2 Å². The van der Waals surface area contributed by atoms with Gasteiger partial charge in [0.2, 0.25) is 5.91 Å². The predicted octanol–water partition coefficient (Wildman–Crippen LogP) is 1.50. The highest BCUT2D eigenvalue weighted by molar-refractivity contribution is 6.01. The third-order valence-corrected chi connectivity index (χ3v) is 2.96. The van der Waals surface area contributed by atoms with Gasteiger partial charge < -0.3 is 15.4 Å². The van der Waals surface area contributed by atoms with Crippen LogP contribution in [0.3, 0.4) is 0 Å². The molecule has 0 saturated carbocycles. The van der Waals surface area contributed by atoms with E-state index in [1.165, 1.54) is 0 Å². The summed E-state index contributed by atoms with van der Waals surface area (Å²) in [6, 6.07) is 4.92. The summed E-state index contributed by atoms with van der Waals surface area (Å²) in [6.45, 7) is 3.72. The van der Waals surface area contributed by atoms with Crippen LogP contribution in [-0.4, -0.2) is 30.2 Å². The number of amides is 2. The van der Waals surface area contributed by atoms with Gasteiger partial charge in [-0.25, -0.2) is 0 Å². The lowest BCUT2D eigenvalue weighted by Gasteiger charge is -2.18. The molecule has 0 radical (unpaired) electrons. The zero-order valence-electron chi connectivity index (χ0n) is 12.1. The Morgan fingerprint density at radius 3 is 2.81 bits per heavy atom. The Kier molecular flexibility index (Phi) is 4.57. The molecule has 0 unspecified atom stereocenters. The van der Waals surface area contributed by atoms with Crippen molar-refractivity contribution in [2.45, 2.75) is 32.7 Å². The van der Waals surface area contributed by atoms with Gasteiger partial charge in [0.25, 0.3) is 5.91 Å². The normalized spacial score (nSPS) is 13.2. The van der Waals surface area contributed by atoms with E-state index in [1.807, 2.05) is 13.8 Å². The van der Waals surface area contributed by atoms with Gasteiger partial charge in [0.1, 0.15) is 5.75 Å². The van der Waals surface area contributed by atoms with Gasteiger partial charge in [-0.15, -0.1) is 0 Å². The van der Waals surface area contributed by atoms with Crippen molar-refractivity contribution in [3.05, 3.63) is 23.8 Å². The number of carbonyl (C=O) groups is 3. The maximum absolute atomic E-state index is 12.1. The van der Waals surface area contributed by atoms with Crippen molar-refractivity contribution in [3.8, 4) is 5.75 Å². The van der Waals surface area contributed by atoms with E-state index in [-0.39, 0.29) is 43.1 Å². The van der Waals surface area contributed by atoms with Crippen molar-refractivity contribution in [2.75, 3.05) is 11.9 Å². The van der Waals surface area contributed by atoms with E-state index in [9.17, 15) is 14.4 Å². The number of ketones is 1. The first-order chi connectivity index (χ1) is 9.95. The molecular weight excluding hydrogens is 272 g/mol. The molecule has 0 bridgehead atoms. The average Bonchev–Trinajstić information content (AvgIpc) is 2.43. The molecule has 6 nitrogen and oxygen atoms in total. The topological polar surface area (TPSA) is 84.5 Å². The first-order valence-corrected chi connectivity index (χ1v) is 6.85. The zero-order chi connectivity index (χ0) is 15.4. The van der Waals surface area contributed by atoms with Crippen LogP contribution < -0.4 is 15.4 Å². The van der Waals surface area contributed by atoms with E-state index in [4.69, 9.17) is 4.74 Å². The molecule has 1 aromatic carbocycles. The molecular formula is C15H18N2O4. The summed E-state index contributed by atoms with van der Waals surface area (Å²) in [5, 5.41) is 5.39. The van der Waals surface area contributed by atoms with Crippen molar-refractivity contribution >= 4 is 23.3 Å². The van der Waals surface area contributed by atoms with E-state index < -0.39 is 0 Å². The summed E-state index contributed by atoms with van der Waals surface area (Å²) >= 11 is 0. The minimum Gasteiger partial charge on any atom is -0.482 e. The molecule has 0 fully saturated rings. The molecule has 0 atom stereocenters. The van der Waals surface area contributed by atoms with E-state index in [2.05, 4.69) is 10.6 Å². The summed E-state index contributed by atoms with van der Waals surface area (Å²) in [7, 11) is 0. The summed E-state index contributed by atoms with van der Waals surface area (Å²) in [6.07, 6.45) is 0.281. The molecule has 2 N–H and O–H groups in total. The van der Waals surface area contributed by atoms with Crippen molar-refractivity contribution < 1.29 is 19.1 Å². The fraction of sp³-hybridized carbons (Fsp3) is 0.400. The maximum atomic E-state index is 12.1. The molecule has 2 rings (SSSR count). The standard InChI is InChI=1S/C15H18N2O4/c1-9(2)16-14(19)6-4-12(18)10-3-5-13-11(7-10)17-15(20)8-21-13/h3,5,7,9H,4,6,8H2,1-2H3,(H,16,19)(H,17,20). The van der Waals surface area contributed by atoms with Crippen LogP contribution in [0.1, 0.15) is 37.0 Å². The molecule has 2 amide bonds. The first kappa shape index (κ1) is 15.0. The molecule has 0 saturated heterocycles. The Labute approximate surface area is 122 Å². The highest BCUT2D eigenvalue weighted by Gasteiger charge is 2.18. The van der Waals surface area contributed by atoms with Crippen LogP contribution in [-0.2, 0) is 9.59 Å². The van der Waals surface area contributed by atoms with Crippen LogP contribution in [0.2, 0.25) is 0 Å². The summed E-state index contributed by atoms with van der Waals surface area (Å²) < 4.78 is 5.22. The number of carbonyl (C=O) groups excluding carboxylic acids is 3. The SMILES string of the molecule is CC(C)NC(=O)CCC(=O)c1ccc2c(c1)NC(=O)CO2. The fourth-order valence-electron chi connectivity index (χ4n) is 2.02. The minimum atomic E-state index is -0.247. The molecule has 0 aliphatic carbocycles. The van der Waals surface area contributed by atoms with Gasteiger partial charge in [-0.3, -0.25) is 14.4 Å². The lowest BCUT2D eigenvalue weighted by molar-refractivity contribution is -0.121. The molecule has 0 spiro atoms. The number of benzene rings is 1. The van der Waals surface area contributed by atoms with Crippen molar-refractivity contribution in [1.29, 1.82) is 0 Å². The number of ether oxygens (including phenoxy) is 1. The Hall–Kier alpha value is -2.37. The number of fused-ring (bicyclic) bond motifs is 1. The molecule has 1 heterocycles. The number of nitrogens with one attached hydrogen (secondary N) is 2. The third-order valence-electron chi connectivity index (χ3n) is 2.96. The number of anilines is 1. The molecule has 0 aromatic heterocycles. The smallest absolute Gasteiger partial charge is 0.262 e. The van der Waals surface area contributed by atoms with Gasteiger partial charge in [-0.2, -0.15) is 0 Å². The summed E-state index contributed by atoms with van der Waals surface area (Å²) in [4.78, 5) is 34.8. The average molecular weight is 290 g/mol. The lowest BCUT2D eigenvalue weighted by atomic mass is 10.0. The molecule has 1 aliphatic rings. The lowest BCUT2D eigenvalue weighted by Crippen LogP contribution is -2.30. The van der Waals surface area contributed by atoms with Crippen LogP contribution in [0.15, 0.2) is 18.2 Å². The number of hydrogen-bond donors (Lipinski definition) is 2. The van der Waals surface area contributed by atoms with Crippen molar-refractivity contribution in [1.82, 2.24) is 5.32 Å². The van der Waals surface area contributed by atoms with Gasteiger partial charge >= 0.3 is 0 Å². The number of Topliss-reactive ketones (excluding diaryl/α,β-unsaturated/α-hetero) is 1. The zero-order valence-corrected chi connectivity index (χ0v) is 12.1. The van der Waals surface area contributed by atoms with Gasteiger partial charge in [0.15, 0.2) is 12.4 Å². The number of hydrogen-bond acceptors (Lipinski definition) is 4. The van der Waals surface area contributed by atoms with Gasteiger partial charge in [-0.05, 0) is 32.0 Å². The minimum absolute atomic E-state index is 0.0182. The monoisotopic (exact) mass is 290 g/mol. The van der Waals surface area contributed by atoms with Crippen LogP contribution in [0.5, 0.6) is 5.75 Å². The Morgan fingerprint density at radius 2 is 2.10 bits per heavy atom. The molecule has 1 aliphatic heterocycles. The van der Waals surface area contributed by atoms with Crippen LogP contribution in [0.25, 0.3) is 0 Å². The Morgan fingerprint density at radius 1 is 1.33 bits per heavy atom. The van der Waals surface area contributed by atoms with Crippen molar-refractivity contribution in [2.24, 2.45) is 0 Å². The largest absolute Gasteiger partial charge is 0.482 e. The number of rotatable bonds is 5. The predicted molar refractivity (Wildman–Crippen MR) is 77.4 cm³/mol. The molecule has 6 heteroatoms. The van der Waals surface area contributed by atoms with Crippen LogP contribution >= 0.6 is 0 Å². The van der Waals surface area contributed by atoms with Crippen LogP contribution in [0, 0.1) is 0 Å². The van der Waals surface area contributed by atoms with Crippen LogP contribution in [0.4, 0.5) is 5.69 Å². The quantitative estimate of drug-likeness (QED) is 0.805. The summed E-state index contributed by atoms with van der Waals surface area (Å²) in [5.74, 6) is 0.0107. The van der Waals surface area contributed by atoms with E-state index in [0.717, 1.165) is 0 Å². The Bertz CT molecular complexity index is 581. The molecule has 112 valence electrons. The second kappa shape index (κ2) is 6.39. The maximum Gasteiger partial charge on any atom is 0.262 e. The highest BCUT2D eigenvalue weighted by atomic mass is 16.5. The first-order valence-electron chi connectivity index (χ1n) is 6.85. The fourth-order valence-corrected chi connectivity index (χ4v) is 2.02. The second-order valence-electron chi connectivity index (χ2n) is 5.19. The Balaban J connectivity index is 1.98. The molecule has 1 aromatic rings. The van der Waals surface area contributed by atoms with Gasteiger partial charge in [0, 0.05) is 24.4 Å². The van der Waals surface area contributed by atoms with E-state index >= 15 is 0 Å². The molecule has 21 heavy (non-hydrogen) atoms. The van der Waals surface area contributed by atoms with E-state index in [0.29, 0.717) is 17.0 Å². The van der Waals surface area contributed by atoms with Gasteiger partial charge in [0.05, 0.1) is 5.69 Å². The summed E-state index contributed by atoms with van der Waals surface area (Å²) in [5.41, 5.74) is 0.945.